The number of phenols is 1. The number of imidazole rings is 1. The highest BCUT2D eigenvalue weighted by Gasteiger charge is 2.15. The summed E-state index contributed by atoms with van der Waals surface area (Å²) in [5, 5.41) is 12.7. The van der Waals surface area contributed by atoms with Gasteiger partial charge in [0.25, 0.3) is 0 Å². The van der Waals surface area contributed by atoms with Crippen LogP contribution in [0.3, 0.4) is 0 Å². The van der Waals surface area contributed by atoms with Crippen molar-refractivity contribution in [1.82, 2.24) is 23.9 Å². The topological polar surface area (TPSA) is 135 Å². The van der Waals surface area contributed by atoms with Gasteiger partial charge in [-0.1, -0.05) is 13.0 Å². The molecule has 2 aromatic carbocycles. The zero-order valence-corrected chi connectivity index (χ0v) is 24.2. The number of benzene rings is 2. The van der Waals surface area contributed by atoms with E-state index in [4.69, 9.17) is 18.9 Å². The van der Waals surface area contributed by atoms with Gasteiger partial charge in [0.2, 0.25) is 0 Å². The van der Waals surface area contributed by atoms with Gasteiger partial charge in [0.05, 0.1) is 44.1 Å². The van der Waals surface area contributed by atoms with Gasteiger partial charge < -0.3 is 28.6 Å². The van der Waals surface area contributed by atoms with E-state index in [0.29, 0.717) is 44.5 Å². The van der Waals surface area contributed by atoms with Gasteiger partial charge in [-0.15, -0.1) is 0 Å². The standard InChI is InChI=1S/C30H39N5O7/c1-3-23-7-12-28(36)27(19-23)35-30(38)34(29(37)32-35)25-8-10-26(11-9-25)42-18-17-40-15-16-41-21-24-20-33(22-31-24)13-5-4-6-14-39-2/h7-12,19-20,22,36H,3-6,13-18,21H2,1-2H3,(H,32,37). The molecule has 2 N–H and O–H groups in total. The summed E-state index contributed by atoms with van der Waals surface area (Å²) in [7, 11) is 1.72. The Morgan fingerprint density at radius 3 is 2.50 bits per heavy atom. The van der Waals surface area contributed by atoms with Crippen LogP contribution in [0.2, 0.25) is 0 Å². The zero-order chi connectivity index (χ0) is 29.7. The number of phenolic OH excluding ortho intramolecular Hbond substituents is 1. The van der Waals surface area contributed by atoms with Gasteiger partial charge in [-0.05, 0) is 67.6 Å². The fourth-order valence-corrected chi connectivity index (χ4v) is 4.37. The monoisotopic (exact) mass is 581 g/mol. The maximum absolute atomic E-state index is 13.0. The Kier molecular flexibility index (Phi) is 11.6. The number of hydrogen-bond donors (Lipinski definition) is 2. The molecule has 12 heteroatoms. The van der Waals surface area contributed by atoms with E-state index in [1.165, 1.54) is 6.07 Å². The van der Waals surface area contributed by atoms with E-state index < -0.39 is 11.4 Å². The van der Waals surface area contributed by atoms with Crippen molar-refractivity contribution in [3.8, 4) is 22.9 Å². The average Bonchev–Trinajstić information content (AvgIpc) is 3.57. The van der Waals surface area contributed by atoms with Crippen LogP contribution in [0.1, 0.15) is 37.4 Å². The molecule has 0 saturated heterocycles. The second kappa shape index (κ2) is 15.8. The fraction of sp³-hybridized carbons (Fsp3) is 0.433. The van der Waals surface area contributed by atoms with Gasteiger partial charge in [0.15, 0.2) is 0 Å². The molecule has 226 valence electrons. The third kappa shape index (κ3) is 8.44. The van der Waals surface area contributed by atoms with Gasteiger partial charge in [0, 0.05) is 26.5 Å². The number of aromatic hydroxyl groups is 1. The van der Waals surface area contributed by atoms with Crippen LogP contribution in [-0.2, 0) is 33.8 Å². The predicted molar refractivity (Wildman–Crippen MR) is 157 cm³/mol. The number of methoxy groups -OCH3 is 1. The highest BCUT2D eigenvalue weighted by molar-refractivity contribution is 5.48. The van der Waals surface area contributed by atoms with Crippen molar-refractivity contribution in [2.24, 2.45) is 0 Å². The largest absolute Gasteiger partial charge is 0.506 e. The first-order valence-electron chi connectivity index (χ1n) is 14.1. The van der Waals surface area contributed by atoms with Crippen LogP contribution in [0.25, 0.3) is 11.4 Å². The molecule has 4 aromatic rings. The number of hydrogen-bond acceptors (Lipinski definition) is 8. The quantitative estimate of drug-likeness (QED) is 0.171. The number of ether oxygens (including phenoxy) is 4. The minimum atomic E-state index is -0.618. The first-order chi connectivity index (χ1) is 20.5. The van der Waals surface area contributed by atoms with E-state index in [1.807, 2.05) is 19.4 Å². The molecular weight excluding hydrogens is 542 g/mol. The van der Waals surface area contributed by atoms with Crippen molar-refractivity contribution in [3.05, 3.63) is 87.2 Å². The van der Waals surface area contributed by atoms with Crippen molar-refractivity contribution in [2.75, 3.05) is 40.1 Å². The highest BCUT2D eigenvalue weighted by atomic mass is 16.5. The number of aromatic nitrogens is 5. The number of nitrogens with one attached hydrogen (secondary N) is 1. The second-order valence-electron chi connectivity index (χ2n) is 9.71. The average molecular weight is 582 g/mol. The van der Waals surface area contributed by atoms with Gasteiger partial charge in [-0.2, -0.15) is 4.68 Å². The molecule has 0 atom stereocenters. The Morgan fingerprint density at radius 1 is 0.929 bits per heavy atom. The summed E-state index contributed by atoms with van der Waals surface area (Å²) >= 11 is 0. The number of H-pyrrole nitrogens is 1. The Bertz CT molecular complexity index is 1500. The zero-order valence-electron chi connectivity index (χ0n) is 24.2. The van der Waals surface area contributed by atoms with E-state index in [-0.39, 0.29) is 11.4 Å². The maximum Gasteiger partial charge on any atom is 0.356 e. The molecular formula is C30H39N5O7. The minimum Gasteiger partial charge on any atom is -0.506 e. The van der Waals surface area contributed by atoms with Gasteiger partial charge in [-0.3, -0.25) is 0 Å². The Morgan fingerprint density at radius 2 is 1.71 bits per heavy atom. The maximum atomic E-state index is 13.0. The second-order valence-corrected chi connectivity index (χ2v) is 9.71. The third-order valence-corrected chi connectivity index (χ3v) is 6.65. The molecule has 0 bridgehead atoms. The van der Waals surface area contributed by atoms with Crippen LogP contribution in [0.5, 0.6) is 11.5 Å². The summed E-state index contributed by atoms with van der Waals surface area (Å²) in [5.74, 6) is 0.470. The number of aromatic amines is 1. The molecule has 0 saturated carbocycles. The minimum absolute atomic E-state index is 0.104. The van der Waals surface area contributed by atoms with Gasteiger partial charge in [-0.25, -0.2) is 24.2 Å². The van der Waals surface area contributed by atoms with E-state index in [2.05, 4.69) is 14.6 Å². The SMILES string of the molecule is CCc1ccc(O)c(-n2[nH]c(=O)n(-c3ccc(OCCOCCOCc4cn(CCCCCOC)cn4)cc3)c2=O)c1. The molecule has 12 nitrogen and oxygen atoms in total. The molecule has 0 radical (unpaired) electrons. The molecule has 2 heterocycles. The van der Waals surface area contributed by atoms with Crippen LogP contribution in [0, 0.1) is 0 Å². The predicted octanol–water partition coefficient (Wildman–Crippen LogP) is 3.21. The molecule has 2 aromatic heterocycles. The third-order valence-electron chi connectivity index (χ3n) is 6.65. The Hall–Kier alpha value is -4.13. The van der Waals surface area contributed by atoms with E-state index in [9.17, 15) is 14.7 Å². The van der Waals surface area contributed by atoms with E-state index in [0.717, 1.165) is 59.3 Å². The van der Waals surface area contributed by atoms with Crippen LogP contribution in [-0.4, -0.2) is 69.1 Å². The Labute approximate surface area is 244 Å². The molecule has 0 aliphatic carbocycles. The van der Waals surface area contributed by atoms with Crippen molar-refractivity contribution < 1.29 is 24.1 Å². The molecule has 4 rings (SSSR count). The fourth-order valence-electron chi connectivity index (χ4n) is 4.37. The normalized spacial score (nSPS) is 11.3. The van der Waals surface area contributed by atoms with Crippen molar-refractivity contribution in [3.63, 3.8) is 0 Å². The first kappa shape index (κ1) is 30.8. The number of nitrogens with zero attached hydrogens (tertiary/aromatic N) is 4. The van der Waals surface area contributed by atoms with Crippen molar-refractivity contribution in [1.29, 1.82) is 0 Å². The molecule has 0 aliphatic rings. The van der Waals surface area contributed by atoms with Crippen LogP contribution in [0.15, 0.2) is 64.6 Å². The van der Waals surface area contributed by atoms with Crippen LogP contribution < -0.4 is 16.1 Å². The molecule has 42 heavy (non-hydrogen) atoms. The van der Waals surface area contributed by atoms with Crippen molar-refractivity contribution in [2.45, 2.75) is 45.8 Å². The molecule has 0 spiro atoms. The number of aryl methyl sites for hydroxylation is 2. The lowest BCUT2D eigenvalue weighted by Gasteiger charge is -2.08. The van der Waals surface area contributed by atoms with Crippen LogP contribution in [0.4, 0.5) is 0 Å². The van der Waals surface area contributed by atoms with E-state index in [1.54, 1.807) is 43.5 Å². The lowest BCUT2D eigenvalue weighted by Crippen LogP contribution is -2.26. The molecule has 0 aliphatic heterocycles. The first-order valence-corrected chi connectivity index (χ1v) is 14.1. The summed E-state index contributed by atoms with van der Waals surface area (Å²) in [5.41, 5.74) is 1.17. The summed E-state index contributed by atoms with van der Waals surface area (Å²) < 4.78 is 26.1. The lowest BCUT2D eigenvalue weighted by molar-refractivity contribution is 0.0295. The molecule has 0 amide bonds. The molecule has 0 unspecified atom stereocenters. The lowest BCUT2D eigenvalue weighted by atomic mass is 10.1. The summed E-state index contributed by atoms with van der Waals surface area (Å²) in [4.78, 5) is 30.0. The summed E-state index contributed by atoms with van der Waals surface area (Å²) in [6, 6.07) is 11.5. The smallest absolute Gasteiger partial charge is 0.356 e. The Balaban J connectivity index is 1.16. The number of rotatable bonds is 18. The van der Waals surface area contributed by atoms with E-state index >= 15 is 0 Å². The van der Waals surface area contributed by atoms with Gasteiger partial charge >= 0.3 is 11.4 Å². The highest BCUT2D eigenvalue weighted by Crippen LogP contribution is 2.21. The summed E-state index contributed by atoms with van der Waals surface area (Å²) in [6.07, 6.45) is 7.85. The van der Waals surface area contributed by atoms with Crippen LogP contribution >= 0.6 is 0 Å². The summed E-state index contributed by atoms with van der Waals surface area (Å²) in [6.45, 7) is 5.73. The number of unbranched alkanes of at least 4 members (excludes halogenated alkanes) is 2. The van der Waals surface area contributed by atoms with Gasteiger partial charge in [0.1, 0.15) is 23.8 Å². The molecule has 0 fully saturated rings. The van der Waals surface area contributed by atoms with Crippen molar-refractivity contribution >= 4 is 0 Å².